The summed E-state index contributed by atoms with van der Waals surface area (Å²) in [5, 5.41) is 50.9. The monoisotopic (exact) mass is 988 g/mol. The van der Waals surface area contributed by atoms with Crippen molar-refractivity contribution in [3.05, 3.63) is 175 Å². The van der Waals surface area contributed by atoms with Gasteiger partial charge in [0.2, 0.25) is 23.5 Å². The standard InChI is InChI=1S/2C25H24N6O4.2Na/c2*1-2-3-6-18-11-17(25(34)35)13-22(32)31(18)14-16-10-9-15(12-21(16)23(26)33)19-7-4-5-8-20(19)24-27-29-30-28-24;;/h2*4-5,7-13H,2-3,6,14H2,1H3,(H2,26,33)(H,34,35)(H,27,28,29,30);;/q;;2*+1/p-2. The number of aromatic amines is 2. The van der Waals surface area contributed by atoms with Gasteiger partial charge in [-0.2, -0.15) is 10.4 Å². The van der Waals surface area contributed by atoms with E-state index in [1.54, 1.807) is 24.3 Å². The number of unbranched alkanes of at least 4 members (excludes halogenated alkanes) is 2. The molecule has 0 aliphatic carbocycles. The molecule has 0 bridgehead atoms. The molecule has 20 nitrogen and oxygen atoms in total. The Kier molecular flexibility index (Phi) is 19.9. The second kappa shape index (κ2) is 25.8. The number of rotatable bonds is 18. The number of carbonyl (C=O) groups is 4. The summed E-state index contributed by atoms with van der Waals surface area (Å²) in [4.78, 5) is 73.1. The van der Waals surface area contributed by atoms with E-state index >= 15 is 0 Å². The van der Waals surface area contributed by atoms with Crippen LogP contribution in [-0.2, 0) is 25.9 Å². The van der Waals surface area contributed by atoms with Crippen LogP contribution in [0.25, 0.3) is 45.0 Å². The van der Waals surface area contributed by atoms with Crippen molar-refractivity contribution in [2.24, 2.45) is 11.5 Å². The van der Waals surface area contributed by atoms with E-state index in [0.717, 1.165) is 60.1 Å². The normalized spacial score (nSPS) is 10.6. The number of H-pyrrole nitrogens is 2. The van der Waals surface area contributed by atoms with Gasteiger partial charge in [-0.1, -0.05) is 99.5 Å². The topological polar surface area (TPSA) is 319 Å². The predicted octanol–water partition coefficient (Wildman–Crippen LogP) is -2.89. The van der Waals surface area contributed by atoms with Crippen molar-refractivity contribution >= 4 is 23.8 Å². The number of tetrazole rings is 2. The molecule has 0 saturated carbocycles. The van der Waals surface area contributed by atoms with Gasteiger partial charge in [0.25, 0.3) is 11.1 Å². The fourth-order valence-electron chi connectivity index (χ4n) is 8.00. The summed E-state index contributed by atoms with van der Waals surface area (Å²) in [6.45, 7) is 4.13. The molecule has 0 atom stereocenters. The average Bonchev–Trinajstić information content (AvgIpc) is 4.11. The van der Waals surface area contributed by atoms with Crippen molar-refractivity contribution in [2.45, 2.75) is 65.5 Å². The number of aromatic nitrogens is 10. The van der Waals surface area contributed by atoms with Crippen molar-refractivity contribution < 1.29 is 88.5 Å². The molecule has 0 spiro atoms. The molecule has 4 heterocycles. The maximum atomic E-state index is 12.8. The molecule has 0 unspecified atom stereocenters. The van der Waals surface area contributed by atoms with E-state index in [0.29, 0.717) is 58.1 Å². The van der Waals surface area contributed by atoms with Crippen molar-refractivity contribution in [3.8, 4) is 45.0 Å². The predicted molar refractivity (Wildman–Crippen MR) is 253 cm³/mol. The Labute approximate surface area is 455 Å². The minimum Gasteiger partial charge on any atom is -0.545 e. The maximum Gasteiger partial charge on any atom is 1.00 e. The zero-order valence-electron chi connectivity index (χ0n) is 40.0. The van der Waals surface area contributed by atoms with Gasteiger partial charge in [0.1, 0.15) is 0 Å². The Bertz CT molecular complexity index is 3120. The van der Waals surface area contributed by atoms with Crippen LogP contribution in [0.2, 0.25) is 0 Å². The van der Waals surface area contributed by atoms with E-state index in [-0.39, 0.29) is 94.5 Å². The summed E-state index contributed by atoms with van der Waals surface area (Å²) in [6.07, 6.45) is 4.29. The largest absolute Gasteiger partial charge is 1.00 e. The molecule has 0 aliphatic rings. The molecule has 2 amide bonds. The SMILES string of the molecule is CCCCc1cc(C(=O)[O-])cc(=O)n1Cc1ccc(-c2ccccc2-c2nn[nH]n2)cc1C(N)=O.CCCCc1cc(C(=O)[O-])cc(=O)n1Cc1ccc(-c2ccccc2-c2nn[nH]n2)cc1C(N)=O.[Na+].[Na+]. The van der Waals surface area contributed by atoms with Gasteiger partial charge in [0.15, 0.2) is 0 Å². The zero-order chi connectivity index (χ0) is 49.9. The Morgan fingerprint density at radius 1 is 0.542 bits per heavy atom. The molecule has 8 rings (SSSR count). The van der Waals surface area contributed by atoms with Crippen molar-refractivity contribution in [1.29, 1.82) is 0 Å². The van der Waals surface area contributed by atoms with E-state index in [1.807, 2.05) is 74.5 Å². The van der Waals surface area contributed by atoms with Crippen LogP contribution in [0, 0.1) is 0 Å². The molecular weight excluding hydrogens is 943 g/mol. The van der Waals surface area contributed by atoms with E-state index in [2.05, 4.69) is 41.2 Å². The van der Waals surface area contributed by atoms with Gasteiger partial charge in [-0.25, -0.2) is 0 Å². The number of aryl methyl sites for hydroxylation is 2. The van der Waals surface area contributed by atoms with Crippen molar-refractivity contribution in [3.63, 3.8) is 0 Å². The smallest absolute Gasteiger partial charge is 0.545 e. The fourth-order valence-corrected chi connectivity index (χ4v) is 8.00. The summed E-state index contributed by atoms with van der Waals surface area (Å²) >= 11 is 0. The number of pyridine rings is 2. The van der Waals surface area contributed by atoms with Crippen molar-refractivity contribution in [2.75, 3.05) is 0 Å². The van der Waals surface area contributed by atoms with E-state index < -0.39 is 34.9 Å². The molecular formula is C50H46N12Na2O8. The number of primary amides is 2. The molecule has 4 aromatic carbocycles. The van der Waals surface area contributed by atoms with Gasteiger partial charge in [-0.3, -0.25) is 19.2 Å². The average molecular weight is 989 g/mol. The molecule has 72 heavy (non-hydrogen) atoms. The minimum absolute atomic E-state index is 0. The summed E-state index contributed by atoms with van der Waals surface area (Å²) in [5.74, 6) is -3.29. The maximum absolute atomic E-state index is 12.8. The molecule has 0 saturated heterocycles. The number of carboxylic acids is 2. The first kappa shape index (κ1) is 55.7. The second-order valence-electron chi connectivity index (χ2n) is 16.1. The number of benzene rings is 4. The molecule has 6 N–H and O–H groups in total. The van der Waals surface area contributed by atoms with Crippen LogP contribution in [0.4, 0.5) is 0 Å². The Morgan fingerprint density at radius 2 is 0.917 bits per heavy atom. The Balaban J connectivity index is 0.000000260. The van der Waals surface area contributed by atoms with Crippen LogP contribution in [0.15, 0.2) is 119 Å². The number of aromatic carboxylic acids is 2. The number of nitrogens with one attached hydrogen (secondary N) is 2. The number of carboxylic acid groups (broad SMARTS) is 2. The third kappa shape index (κ3) is 13.2. The summed E-state index contributed by atoms with van der Waals surface area (Å²) < 4.78 is 2.94. The van der Waals surface area contributed by atoms with Crippen LogP contribution >= 0.6 is 0 Å². The third-order valence-electron chi connectivity index (χ3n) is 11.5. The molecule has 0 aliphatic heterocycles. The number of hydrogen-bond donors (Lipinski definition) is 4. The first-order valence-corrected chi connectivity index (χ1v) is 22.2. The molecule has 0 fully saturated rings. The number of carbonyl (C=O) groups excluding carboxylic acids is 4. The van der Waals surface area contributed by atoms with E-state index in [1.165, 1.54) is 21.3 Å². The number of hydrogen-bond acceptors (Lipinski definition) is 14. The molecule has 0 radical (unpaired) electrons. The number of nitrogens with zero attached hydrogens (tertiary/aromatic N) is 8. The van der Waals surface area contributed by atoms with Crippen LogP contribution < -0.4 is 91.9 Å². The molecule has 356 valence electrons. The summed E-state index contributed by atoms with van der Waals surface area (Å²) in [7, 11) is 0. The van der Waals surface area contributed by atoms with Crippen LogP contribution in [0.1, 0.15) is 103 Å². The van der Waals surface area contributed by atoms with Crippen LogP contribution in [0.3, 0.4) is 0 Å². The number of nitrogens with two attached hydrogens (primary N) is 2. The van der Waals surface area contributed by atoms with Gasteiger partial charge in [0.05, 0.1) is 25.0 Å². The van der Waals surface area contributed by atoms with Gasteiger partial charge in [-0.15, -0.1) is 20.4 Å². The first-order chi connectivity index (χ1) is 33.8. The molecule has 4 aromatic heterocycles. The van der Waals surface area contributed by atoms with Gasteiger partial charge in [-0.05, 0) is 93.8 Å². The summed E-state index contributed by atoms with van der Waals surface area (Å²) in [5.41, 5.74) is 17.3. The van der Waals surface area contributed by atoms with Crippen molar-refractivity contribution in [1.82, 2.24) is 50.4 Å². The second-order valence-corrected chi connectivity index (χ2v) is 16.1. The minimum atomic E-state index is -1.41. The first-order valence-electron chi connectivity index (χ1n) is 22.2. The van der Waals surface area contributed by atoms with E-state index in [4.69, 9.17) is 11.5 Å². The molecule has 8 aromatic rings. The van der Waals surface area contributed by atoms with Crippen LogP contribution in [-0.4, -0.2) is 74.1 Å². The fraction of sp³-hybridized carbons (Fsp3) is 0.200. The van der Waals surface area contributed by atoms with Gasteiger partial charge in [0, 0.05) is 56.9 Å². The van der Waals surface area contributed by atoms with Gasteiger partial charge >= 0.3 is 59.1 Å². The summed E-state index contributed by atoms with van der Waals surface area (Å²) in [6, 6.07) is 30.3. The third-order valence-corrected chi connectivity index (χ3v) is 11.5. The van der Waals surface area contributed by atoms with Gasteiger partial charge < -0.3 is 40.4 Å². The number of amides is 2. The van der Waals surface area contributed by atoms with Crippen LogP contribution in [0.5, 0.6) is 0 Å². The zero-order valence-corrected chi connectivity index (χ0v) is 44.0. The van der Waals surface area contributed by atoms with E-state index in [9.17, 15) is 39.0 Å². The quantitative estimate of drug-likeness (QED) is 0.0628. The Hall–Kier alpha value is -7.20. The molecule has 22 heteroatoms. The Morgan fingerprint density at radius 3 is 1.24 bits per heavy atom.